The average Bonchev–Trinajstić information content (AvgIpc) is 2.15. The Hall–Kier alpha value is -1.13. The Bertz CT molecular complexity index is 269. The van der Waals surface area contributed by atoms with E-state index in [0.29, 0.717) is 0 Å². The number of rotatable bonds is 0. The van der Waals surface area contributed by atoms with Crippen LogP contribution in [0.3, 0.4) is 0 Å². The zero-order chi connectivity index (χ0) is 10.6. The van der Waals surface area contributed by atoms with Gasteiger partial charge in [-0.3, -0.25) is 0 Å². The van der Waals surface area contributed by atoms with E-state index in [0.717, 1.165) is 0 Å². The molecule has 0 saturated carbocycles. The minimum atomic E-state index is -2.14. The molecule has 0 aliphatic carbocycles. The molecule has 0 aliphatic heterocycles. The topological polar surface area (TPSA) is 0 Å². The van der Waals surface area contributed by atoms with Crippen LogP contribution in [0.25, 0.3) is 0 Å². The molecule has 0 unspecified atom stereocenters. The predicted molar refractivity (Wildman–Crippen MR) is 37.6 cm³/mol. The van der Waals surface area contributed by atoms with Crippen molar-refractivity contribution in [2.75, 3.05) is 0 Å². The fraction of sp³-hybridized carbons (Fsp3) is 0.250. The minimum absolute atomic E-state index is 0.0618. The molecule has 5 heteroatoms. The minimum Gasteiger partial charge on any atom is -0.204 e. The van der Waals surface area contributed by atoms with Crippen LogP contribution in [0.15, 0.2) is 6.07 Å². The molecular formula is C8H7F5. The first kappa shape index (κ1) is 11.9. The lowest BCUT2D eigenvalue weighted by Gasteiger charge is -1.96. The van der Waals surface area contributed by atoms with Crippen molar-refractivity contribution >= 4 is 0 Å². The highest BCUT2D eigenvalue weighted by atomic mass is 19.2. The summed E-state index contributed by atoms with van der Waals surface area (Å²) in [6.45, 7) is 4.00. The van der Waals surface area contributed by atoms with Gasteiger partial charge < -0.3 is 0 Å². The number of hydrogen-bond acceptors (Lipinski definition) is 0. The smallest absolute Gasteiger partial charge is 0.200 e. The molecule has 0 nitrogen and oxygen atoms in total. The van der Waals surface area contributed by atoms with E-state index in [4.69, 9.17) is 0 Å². The fourth-order valence-electron chi connectivity index (χ4n) is 0.544. The van der Waals surface area contributed by atoms with E-state index in [1.54, 1.807) is 0 Å². The van der Waals surface area contributed by atoms with E-state index in [1.165, 1.54) is 0 Å². The largest absolute Gasteiger partial charge is 0.204 e. The van der Waals surface area contributed by atoms with Crippen LogP contribution in [0, 0.1) is 29.1 Å². The Morgan fingerprint density at radius 1 is 0.692 bits per heavy atom. The highest BCUT2D eigenvalue weighted by molar-refractivity contribution is 5.12. The van der Waals surface area contributed by atoms with Gasteiger partial charge in [0.2, 0.25) is 5.82 Å². The standard InChI is InChI=1S/C6HF5.C2H6/c7-2-1-3(8)5(10)6(11)4(2)9;1-2/h1H;1-2H3. The van der Waals surface area contributed by atoms with E-state index in [9.17, 15) is 22.0 Å². The van der Waals surface area contributed by atoms with Crippen LogP contribution in [0.4, 0.5) is 22.0 Å². The van der Waals surface area contributed by atoms with Crippen molar-refractivity contribution in [1.82, 2.24) is 0 Å². The summed E-state index contributed by atoms with van der Waals surface area (Å²) in [6.07, 6.45) is 0. The molecule has 0 spiro atoms. The molecule has 0 amide bonds. The molecule has 1 rings (SSSR count). The first-order valence-electron chi connectivity index (χ1n) is 3.52. The van der Waals surface area contributed by atoms with Gasteiger partial charge in [0.25, 0.3) is 0 Å². The SMILES string of the molecule is CC.Fc1cc(F)c(F)c(F)c1F. The number of halogens is 5. The van der Waals surface area contributed by atoms with Crippen LogP contribution in [-0.2, 0) is 0 Å². The van der Waals surface area contributed by atoms with Gasteiger partial charge in [-0.05, 0) is 0 Å². The van der Waals surface area contributed by atoms with Crippen LogP contribution in [0.1, 0.15) is 13.8 Å². The second-order valence-corrected chi connectivity index (χ2v) is 1.78. The van der Waals surface area contributed by atoms with Gasteiger partial charge in [-0.1, -0.05) is 13.8 Å². The van der Waals surface area contributed by atoms with Crippen LogP contribution in [0.5, 0.6) is 0 Å². The molecule has 0 atom stereocenters. The summed E-state index contributed by atoms with van der Waals surface area (Å²) in [7, 11) is 0. The van der Waals surface area contributed by atoms with Gasteiger partial charge >= 0.3 is 0 Å². The Kier molecular flexibility index (Phi) is 4.37. The highest BCUT2D eigenvalue weighted by Crippen LogP contribution is 2.16. The van der Waals surface area contributed by atoms with Gasteiger partial charge in [0.05, 0.1) is 0 Å². The normalized spacial score (nSPS) is 9.15. The molecule has 0 heterocycles. The van der Waals surface area contributed by atoms with Crippen molar-refractivity contribution in [3.05, 3.63) is 35.2 Å². The third-order valence-corrected chi connectivity index (χ3v) is 1.06. The summed E-state index contributed by atoms with van der Waals surface area (Å²) < 4.78 is 60.0. The molecule has 74 valence electrons. The van der Waals surface area contributed by atoms with E-state index in [1.807, 2.05) is 13.8 Å². The van der Waals surface area contributed by atoms with Crippen molar-refractivity contribution in [2.24, 2.45) is 0 Å². The van der Waals surface area contributed by atoms with Gasteiger partial charge in [0, 0.05) is 6.07 Å². The molecule has 0 saturated heterocycles. The van der Waals surface area contributed by atoms with Crippen LogP contribution < -0.4 is 0 Å². The van der Waals surface area contributed by atoms with E-state index in [-0.39, 0.29) is 6.07 Å². The van der Waals surface area contributed by atoms with Crippen molar-refractivity contribution in [3.8, 4) is 0 Å². The van der Waals surface area contributed by atoms with Crippen LogP contribution >= 0.6 is 0 Å². The average molecular weight is 198 g/mol. The maximum absolute atomic E-state index is 12.0. The molecular weight excluding hydrogens is 191 g/mol. The van der Waals surface area contributed by atoms with E-state index >= 15 is 0 Å². The predicted octanol–water partition coefficient (Wildman–Crippen LogP) is 3.41. The summed E-state index contributed by atoms with van der Waals surface area (Å²) in [5, 5.41) is 0. The Morgan fingerprint density at radius 2 is 1.00 bits per heavy atom. The summed E-state index contributed by atoms with van der Waals surface area (Å²) in [4.78, 5) is 0. The summed E-state index contributed by atoms with van der Waals surface area (Å²) in [5.41, 5.74) is 0. The second-order valence-electron chi connectivity index (χ2n) is 1.78. The van der Waals surface area contributed by atoms with Crippen molar-refractivity contribution in [1.29, 1.82) is 0 Å². The molecule has 0 aromatic heterocycles. The highest BCUT2D eigenvalue weighted by Gasteiger charge is 2.18. The Labute approximate surface area is 72.0 Å². The zero-order valence-corrected chi connectivity index (χ0v) is 6.97. The lowest BCUT2D eigenvalue weighted by Crippen LogP contribution is -1.98. The zero-order valence-electron chi connectivity index (χ0n) is 6.97. The molecule has 0 radical (unpaired) electrons. The van der Waals surface area contributed by atoms with E-state index < -0.39 is 29.1 Å². The van der Waals surface area contributed by atoms with Gasteiger partial charge in [0.1, 0.15) is 0 Å². The molecule has 1 aromatic rings. The van der Waals surface area contributed by atoms with E-state index in [2.05, 4.69) is 0 Å². The van der Waals surface area contributed by atoms with Gasteiger partial charge in [-0.25, -0.2) is 22.0 Å². The van der Waals surface area contributed by atoms with Crippen molar-refractivity contribution < 1.29 is 22.0 Å². The van der Waals surface area contributed by atoms with Gasteiger partial charge in [-0.15, -0.1) is 0 Å². The first-order valence-corrected chi connectivity index (χ1v) is 3.52. The number of hydrogen-bond donors (Lipinski definition) is 0. The first-order chi connectivity index (χ1) is 6.04. The molecule has 0 fully saturated rings. The monoisotopic (exact) mass is 198 g/mol. The molecule has 0 N–H and O–H groups in total. The third-order valence-electron chi connectivity index (χ3n) is 1.06. The lowest BCUT2D eigenvalue weighted by atomic mass is 10.3. The van der Waals surface area contributed by atoms with Crippen LogP contribution in [0.2, 0.25) is 0 Å². The van der Waals surface area contributed by atoms with Gasteiger partial charge in [0.15, 0.2) is 23.3 Å². The molecule has 0 bridgehead atoms. The molecule has 0 aliphatic rings. The maximum Gasteiger partial charge on any atom is 0.200 e. The quantitative estimate of drug-likeness (QED) is 0.340. The summed E-state index contributed by atoms with van der Waals surface area (Å²) in [6, 6.07) is -0.0618. The van der Waals surface area contributed by atoms with Crippen LogP contribution in [-0.4, -0.2) is 0 Å². The maximum atomic E-state index is 12.0. The molecule has 13 heavy (non-hydrogen) atoms. The summed E-state index contributed by atoms with van der Waals surface area (Å²) >= 11 is 0. The molecule has 1 aromatic carbocycles. The number of benzene rings is 1. The second kappa shape index (κ2) is 4.79. The van der Waals surface area contributed by atoms with Crippen molar-refractivity contribution in [3.63, 3.8) is 0 Å². The van der Waals surface area contributed by atoms with Crippen molar-refractivity contribution in [2.45, 2.75) is 13.8 Å². The fourth-order valence-corrected chi connectivity index (χ4v) is 0.544. The third kappa shape index (κ3) is 2.40. The van der Waals surface area contributed by atoms with Gasteiger partial charge in [-0.2, -0.15) is 0 Å². The Morgan fingerprint density at radius 3 is 1.31 bits per heavy atom. The Balaban J connectivity index is 0.000000671. The summed E-state index contributed by atoms with van der Waals surface area (Å²) in [5.74, 6) is -9.65. The lowest BCUT2D eigenvalue weighted by molar-refractivity contribution is 0.378.